The Morgan fingerprint density at radius 2 is 2.26 bits per heavy atom. The van der Waals surface area contributed by atoms with Crippen molar-refractivity contribution >= 4 is 5.97 Å². The molecule has 3 unspecified atom stereocenters. The van der Waals surface area contributed by atoms with E-state index in [1.165, 1.54) is 6.07 Å². The summed E-state index contributed by atoms with van der Waals surface area (Å²) in [4.78, 5) is 13.3. The van der Waals surface area contributed by atoms with Gasteiger partial charge in [0.05, 0.1) is 5.92 Å². The van der Waals surface area contributed by atoms with Gasteiger partial charge in [0.1, 0.15) is 5.82 Å². The summed E-state index contributed by atoms with van der Waals surface area (Å²) in [5, 5.41) is 9.13. The van der Waals surface area contributed by atoms with Gasteiger partial charge in [-0.05, 0) is 37.0 Å². The Hall–Kier alpha value is -1.42. The molecular formula is C15H20FNO2. The van der Waals surface area contributed by atoms with Crippen LogP contribution in [0.3, 0.4) is 0 Å². The second kappa shape index (κ2) is 5.70. The smallest absolute Gasteiger partial charge is 0.308 e. The first-order valence-electron chi connectivity index (χ1n) is 6.68. The highest BCUT2D eigenvalue weighted by Crippen LogP contribution is 2.26. The number of nitrogens with zero attached hydrogens (tertiary/aromatic N) is 1. The predicted octanol–water partition coefficient (Wildman–Crippen LogP) is 2.41. The number of aliphatic carboxylic acids is 1. The van der Waals surface area contributed by atoms with Crippen molar-refractivity contribution in [3.63, 3.8) is 0 Å². The fourth-order valence-electron chi connectivity index (χ4n) is 2.82. The zero-order chi connectivity index (χ0) is 14.0. The van der Waals surface area contributed by atoms with E-state index in [4.69, 9.17) is 5.11 Å². The van der Waals surface area contributed by atoms with Crippen LogP contribution < -0.4 is 0 Å². The molecular weight excluding hydrogens is 245 g/mol. The summed E-state index contributed by atoms with van der Waals surface area (Å²) >= 11 is 0. The van der Waals surface area contributed by atoms with Gasteiger partial charge in [-0.15, -0.1) is 0 Å². The van der Waals surface area contributed by atoms with Gasteiger partial charge in [0, 0.05) is 19.1 Å². The van der Waals surface area contributed by atoms with Crippen molar-refractivity contribution in [2.75, 3.05) is 13.1 Å². The lowest BCUT2D eigenvalue weighted by molar-refractivity contribution is -0.142. The quantitative estimate of drug-likeness (QED) is 0.909. The van der Waals surface area contributed by atoms with Crippen LogP contribution in [0.1, 0.15) is 19.4 Å². The van der Waals surface area contributed by atoms with Gasteiger partial charge in [-0.2, -0.15) is 0 Å². The van der Waals surface area contributed by atoms with Gasteiger partial charge < -0.3 is 5.11 Å². The Bertz CT molecular complexity index is 463. The summed E-state index contributed by atoms with van der Waals surface area (Å²) in [5.74, 6) is -1.04. The van der Waals surface area contributed by atoms with Crippen LogP contribution in [0, 0.1) is 17.7 Å². The van der Waals surface area contributed by atoms with Crippen LogP contribution in [0.2, 0.25) is 0 Å². The number of halogens is 1. The van der Waals surface area contributed by atoms with Gasteiger partial charge in [0.15, 0.2) is 0 Å². The van der Waals surface area contributed by atoms with E-state index in [2.05, 4.69) is 11.8 Å². The molecule has 1 aromatic rings. The van der Waals surface area contributed by atoms with Gasteiger partial charge in [-0.3, -0.25) is 9.69 Å². The molecule has 1 heterocycles. The number of carbonyl (C=O) groups is 1. The Morgan fingerprint density at radius 1 is 1.53 bits per heavy atom. The minimum absolute atomic E-state index is 0.174. The maximum absolute atomic E-state index is 13.1. The van der Waals surface area contributed by atoms with Crippen molar-refractivity contribution in [3.05, 3.63) is 35.6 Å². The van der Waals surface area contributed by atoms with Gasteiger partial charge in [0.25, 0.3) is 0 Å². The van der Waals surface area contributed by atoms with E-state index in [1.54, 1.807) is 12.1 Å². The molecule has 0 radical (unpaired) electrons. The molecule has 3 atom stereocenters. The highest BCUT2D eigenvalue weighted by Gasteiger charge is 2.36. The molecule has 2 rings (SSSR count). The third kappa shape index (κ3) is 3.32. The summed E-state index contributed by atoms with van der Waals surface area (Å²) in [6.07, 6.45) is 0.747. The van der Waals surface area contributed by atoms with E-state index >= 15 is 0 Å². The average Bonchev–Trinajstić information content (AvgIpc) is 2.71. The Labute approximate surface area is 113 Å². The van der Waals surface area contributed by atoms with Crippen LogP contribution >= 0.6 is 0 Å². The van der Waals surface area contributed by atoms with E-state index in [0.717, 1.165) is 18.5 Å². The molecule has 1 aliphatic rings. The number of carboxylic acids is 1. The monoisotopic (exact) mass is 265 g/mol. The van der Waals surface area contributed by atoms with Crippen LogP contribution in [0.4, 0.5) is 4.39 Å². The van der Waals surface area contributed by atoms with E-state index in [1.807, 2.05) is 13.0 Å². The summed E-state index contributed by atoms with van der Waals surface area (Å²) in [5.41, 5.74) is 0.957. The molecule has 0 aliphatic carbocycles. The fraction of sp³-hybridized carbons (Fsp3) is 0.533. The molecule has 0 aromatic heterocycles. The molecule has 0 saturated carbocycles. The Balaban J connectivity index is 1.98. The molecule has 3 nitrogen and oxygen atoms in total. The van der Waals surface area contributed by atoms with E-state index in [0.29, 0.717) is 6.54 Å². The maximum atomic E-state index is 13.1. The van der Waals surface area contributed by atoms with Crippen molar-refractivity contribution in [1.82, 2.24) is 4.90 Å². The van der Waals surface area contributed by atoms with Crippen LogP contribution in [-0.2, 0) is 11.2 Å². The number of likely N-dealkylation sites (tertiary alicyclic amines) is 1. The molecule has 1 fully saturated rings. The third-order valence-corrected chi connectivity index (χ3v) is 4.00. The second-order valence-corrected chi connectivity index (χ2v) is 5.56. The summed E-state index contributed by atoms with van der Waals surface area (Å²) in [7, 11) is 0. The number of hydrogen-bond donors (Lipinski definition) is 1. The normalized spacial score (nSPS) is 25.4. The standard InChI is InChI=1S/C15H20FNO2/c1-10-8-17(9-14(10)15(18)19)11(2)6-12-4-3-5-13(16)7-12/h3-5,7,10-11,14H,6,8-9H2,1-2H3,(H,18,19). The van der Waals surface area contributed by atoms with Crippen LogP contribution in [0.5, 0.6) is 0 Å². The lowest BCUT2D eigenvalue weighted by Crippen LogP contribution is -2.33. The molecule has 0 bridgehead atoms. The van der Waals surface area contributed by atoms with Crippen molar-refractivity contribution in [1.29, 1.82) is 0 Å². The predicted molar refractivity (Wildman–Crippen MR) is 71.4 cm³/mol. The Kier molecular flexibility index (Phi) is 4.20. The molecule has 1 aromatic carbocycles. The molecule has 0 amide bonds. The van der Waals surface area contributed by atoms with Gasteiger partial charge >= 0.3 is 5.97 Å². The van der Waals surface area contributed by atoms with Crippen LogP contribution in [0.25, 0.3) is 0 Å². The van der Waals surface area contributed by atoms with Crippen molar-refractivity contribution < 1.29 is 14.3 Å². The number of carboxylic acid groups (broad SMARTS) is 1. The van der Waals surface area contributed by atoms with Gasteiger partial charge in [0.2, 0.25) is 0 Å². The molecule has 1 N–H and O–H groups in total. The van der Waals surface area contributed by atoms with Gasteiger partial charge in [-0.25, -0.2) is 4.39 Å². The molecule has 1 aliphatic heterocycles. The fourth-order valence-corrected chi connectivity index (χ4v) is 2.82. The minimum Gasteiger partial charge on any atom is -0.481 e. The lowest BCUT2D eigenvalue weighted by atomic mass is 9.99. The topological polar surface area (TPSA) is 40.5 Å². The average molecular weight is 265 g/mol. The largest absolute Gasteiger partial charge is 0.481 e. The van der Waals surface area contributed by atoms with E-state index < -0.39 is 5.97 Å². The second-order valence-electron chi connectivity index (χ2n) is 5.56. The van der Waals surface area contributed by atoms with Crippen molar-refractivity contribution in [2.24, 2.45) is 11.8 Å². The number of benzene rings is 1. The highest BCUT2D eigenvalue weighted by molar-refractivity contribution is 5.71. The Morgan fingerprint density at radius 3 is 2.84 bits per heavy atom. The van der Waals surface area contributed by atoms with E-state index in [9.17, 15) is 9.18 Å². The molecule has 4 heteroatoms. The molecule has 0 spiro atoms. The molecule has 19 heavy (non-hydrogen) atoms. The van der Waals surface area contributed by atoms with Gasteiger partial charge in [-0.1, -0.05) is 19.1 Å². The third-order valence-electron chi connectivity index (χ3n) is 4.00. The van der Waals surface area contributed by atoms with E-state index in [-0.39, 0.29) is 23.7 Å². The van der Waals surface area contributed by atoms with Crippen LogP contribution in [-0.4, -0.2) is 35.1 Å². The first kappa shape index (κ1) is 14.0. The number of rotatable bonds is 4. The highest BCUT2D eigenvalue weighted by atomic mass is 19.1. The zero-order valence-electron chi connectivity index (χ0n) is 11.3. The minimum atomic E-state index is -0.715. The first-order valence-corrected chi connectivity index (χ1v) is 6.68. The molecule has 104 valence electrons. The van der Waals surface area contributed by atoms with Crippen LogP contribution in [0.15, 0.2) is 24.3 Å². The lowest BCUT2D eigenvalue weighted by Gasteiger charge is -2.24. The summed E-state index contributed by atoms with van der Waals surface area (Å²) in [6.45, 7) is 5.44. The summed E-state index contributed by atoms with van der Waals surface area (Å²) in [6, 6.07) is 6.84. The van der Waals surface area contributed by atoms with Crippen molar-refractivity contribution in [2.45, 2.75) is 26.3 Å². The zero-order valence-corrected chi connectivity index (χ0v) is 11.3. The SMILES string of the molecule is CC1CN(C(C)Cc2cccc(F)c2)CC1C(=O)O. The molecule has 1 saturated heterocycles. The van der Waals surface area contributed by atoms with Crippen molar-refractivity contribution in [3.8, 4) is 0 Å². The first-order chi connectivity index (χ1) is 8.97. The number of hydrogen-bond acceptors (Lipinski definition) is 2. The maximum Gasteiger partial charge on any atom is 0.308 e. The summed E-state index contributed by atoms with van der Waals surface area (Å²) < 4.78 is 13.1.